The topological polar surface area (TPSA) is 89.6 Å². The number of rotatable bonds is 7. The first-order valence-electron chi connectivity index (χ1n) is 10.0. The number of hydrogen-bond donors (Lipinski definition) is 2. The number of aryl methyl sites for hydroxylation is 4. The minimum absolute atomic E-state index is 0.442. The number of carbonyl (C=O) groups is 1. The van der Waals surface area contributed by atoms with Gasteiger partial charge in [-0.2, -0.15) is 5.10 Å². The van der Waals surface area contributed by atoms with Crippen molar-refractivity contribution in [2.45, 2.75) is 33.1 Å². The van der Waals surface area contributed by atoms with E-state index in [4.69, 9.17) is 5.73 Å². The highest BCUT2D eigenvalue weighted by Crippen LogP contribution is 2.19. The zero-order valence-corrected chi connectivity index (χ0v) is 17.2. The molecule has 3 N–H and O–H groups in total. The molecule has 0 aliphatic heterocycles. The van der Waals surface area contributed by atoms with Crippen LogP contribution >= 0.6 is 0 Å². The second-order valence-corrected chi connectivity index (χ2v) is 7.64. The third-order valence-corrected chi connectivity index (χ3v) is 5.26. The Morgan fingerprint density at radius 1 is 1.00 bits per heavy atom. The number of H-pyrrole nitrogens is 1. The van der Waals surface area contributed by atoms with Crippen molar-refractivity contribution in [2.24, 2.45) is 5.73 Å². The third kappa shape index (κ3) is 4.33. The Balaban J connectivity index is 1.50. The number of nitrogens with zero attached hydrogens (tertiary/aromatic N) is 3. The maximum absolute atomic E-state index is 12.1. The van der Waals surface area contributed by atoms with Gasteiger partial charge in [0.1, 0.15) is 0 Å². The minimum Gasteiger partial charge on any atom is -0.365 e. The van der Waals surface area contributed by atoms with E-state index in [1.807, 2.05) is 42.0 Å². The van der Waals surface area contributed by atoms with E-state index in [-0.39, 0.29) is 0 Å². The van der Waals surface area contributed by atoms with Gasteiger partial charge in [-0.15, -0.1) is 0 Å². The van der Waals surface area contributed by atoms with E-state index in [2.05, 4.69) is 46.4 Å². The molecular weight excluding hydrogens is 374 g/mol. The standard InChI is InChI=1S/C24H25N5O/c1-16-3-5-18(6-4-16)9-12-21-23(24(25)30)22(28-27-21)13-19-7-10-20(11-8-19)29-14-17(2)26-15-29/h3-8,10-11,14-15H,9,12-13H2,1-2H3,(H2,25,30)(H,27,28). The fourth-order valence-corrected chi connectivity index (χ4v) is 3.59. The number of primary amides is 1. The second-order valence-electron chi connectivity index (χ2n) is 7.64. The maximum atomic E-state index is 12.1. The van der Waals surface area contributed by atoms with Crippen molar-refractivity contribution in [3.05, 3.63) is 100 Å². The van der Waals surface area contributed by atoms with E-state index in [0.29, 0.717) is 18.4 Å². The van der Waals surface area contributed by atoms with Gasteiger partial charge in [0.25, 0.3) is 5.91 Å². The van der Waals surface area contributed by atoms with E-state index in [1.54, 1.807) is 6.33 Å². The Labute approximate surface area is 175 Å². The van der Waals surface area contributed by atoms with Crippen molar-refractivity contribution in [3.63, 3.8) is 0 Å². The van der Waals surface area contributed by atoms with Crippen molar-refractivity contribution >= 4 is 5.91 Å². The maximum Gasteiger partial charge on any atom is 0.252 e. The first-order chi connectivity index (χ1) is 14.5. The molecular formula is C24H25N5O. The van der Waals surface area contributed by atoms with Crippen LogP contribution in [0.3, 0.4) is 0 Å². The largest absolute Gasteiger partial charge is 0.365 e. The zero-order chi connectivity index (χ0) is 21.1. The summed E-state index contributed by atoms with van der Waals surface area (Å²) in [6.45, 7) is 4.03. The Bertz CT molecular complexity index is 1150. The zero-order valence-electron chi connectivity index (χ0n) is 17.2. The van der Waals surface area contributed by atoms with Gasteiger partial charge in [0, 0.05) is 18.3 Å². The first-order valence-corrected chi connectivity index (χ1v) is 10.0. The highest BCUT2D eigenvalue weighted by molar-refractivity contribution is 5.95. The predicted octanol–water partition coefficient (Wildman–Crippen LogP) is 3.69. The smallest absolute Gasteiger partial charge is 0.252 e. The summed E-state index contributed by atoms with van der Waals surface area (Å²) in [6, 6.07) is 16.6. The summed E-state index contributed by atoms with van der Waals surface area (Å²) in [5.41, 5.74) is 13.2. The van der Waals surface area contributed by atoms with E-state index >= 15 is 0 Å². The number of carbonyl (C=O) groups excluding carboxylic acids is 1. The summed E-state index contributed by atoms with van der Waals surface area (Å²) in [4.78, 5) is 16.4. The van der Waals surface area contributed by atoms with Crippen molar-refractivity contribution in [1.82, 2.24) is 19.7 Å². The molecule has 6 nitrogen and oxygen atoms in total. The van der Waals surface area contributed by atoms with Crippen LogP contribution in [0, 0.1) is 13.8 Å². The average Bonchev–Trinajstić information content (AvgIpc) is 3.34. The molecule has 0 unspecified atom stereocenters. The van der Waals surface area contributed by atoms with Gasteiger partial charge in [-0.3, -0.25) is 9.89 Å². The minimum atomic E-state index is -0.442. The molecule has 6 heteroatoms. The fourth-order valence-electron chi connectivity index (χ4n) is 3.59. The monoisotopic (exact) mass is 399 g/mol. The molecule has 2 heterocycles. The number of nitrogens with two attached hydrogens (primary N) is 1. The Hall–Kier alpha value is -3.67. The molecule has 0 spiro atoms. The molecule has 0 fully saturated rings. The molecule has 4 aromatic rings. The lowest BCUT2D eigenvalue weighted by Gasteiger charge is -2.06. The normalized spacial score (nSPS) is 11.0. The number of hydrogen-bond acceptors (Lipinski definition) is 3. The van der Waals surface area contributed by atoms with Gasteiger partial charge in [-0.05, 0) is 49.9 Å². The Kier molecular flexibility index (Phi) is 5.48. The molecule has 0 saturated heterocycles. The van der Waals surface area contributed by atoms with Gasteiger partial charge in [0.05, 0.1) is 29.0 Å². The fraction of sp³-hybridized carbons (Fsp3) is 0.208. The van der Waals surface area contributed by atoms with Gasteiger partial charge in [0.15, 0.2) is 0 Å². The second kappa shape index (κ2) is 8.37. The summed E-state index contributed by atoms with van der Waals surface area (Å²) in [6.07, 6.45) is 5.82. The van der Waals surface area contributed by atoms with Crippen molar-refractivity contribution in [1.29, 1.82) is 0 Å². The number of imidazole rings is 1. The lowest BCUT2D eigenvalue weighted by atomic mass is 10.0. The summed E-state index contributed by atoms with van der Waals surface area (Å²) in [7, 11) is 0. The summed E-state index contributed by atoms with van der Waals surface area (Å²) < 4.78 is 1.98. The number of amides is 1. The quantitative estimate of drug-likeness (QED) is 0.497. The van der Waals surface area contributed by atoms with Gasteiger partial charge >= 0.3 is 0 Å². The number of aromatic nitrogens is 4. The lowest BCUT2D eigenvalue weighted by Crippen LogP contribution is -2.15. The molecule has 30 heavy (non-hydrogen) atoms. The molecule has 4 rings (SSSR count). The van der Waals surface area contributed by atoms with Crippen molar-refractivity contribution in [2.75, 3.05) is 0 Å². The van der Waals surface area contributed by atoms with E-state index in [0.717, 1.165) is 34.8 Å². The van der Waals surface area contributed by atoms with Crippen LogP contribution in [0.5, 0.6) is 0 Å². The summed E-state index contributed by atoms with van der Waals surface area (Å²) >= 11 is 0. The molecule has 2 aromatic heterocycles. The van der Waals surface area contributed by atoms with Gasteiger partial charge in [-0.1, -0.05) is 42.0 Å². The molecule has 0 bridgehead atoms. The Morgan fingerprint density at radius 3 is 2.33 bits per heavy atom. The van der Waals surface area contributed by atoms with Crippen molar-refractivity contribution in [3.8, 4) is 5.69 Å². The number of benzene rings is 2. The van der Waals surface area contributed by atoms with E-state index in [9.17, 15) is 4.79 Å². The van der Waals surface area contributed by atoms with Crippen LogP contribution in [0.4, 0.5) is 0 Å². The van der Waals surface area contributed by atoms with Crippen LogP contribution in [0.1, 0.15) is 44.1 Å². The number of aromatic amines is 1. The van der Waals surface area contributed by atoms with Crippen LogP contribution < -0.4 is 5.73 Å². The van der Waals surface area contributed by atoms with Crippen LogP contribution in [-0.2, 0) is 19.3 Å². The summed E-state index contributed by atoms with van der Waals surface area (Å²) in [5.74, 6) is -0.442. The highest BCUT2D eigenvalue weighted by atomic mass is 16.1. The SMILES string of the molecule is Cc1ccc(CCc2n[nH]c(Cc3ccc(-n4cnc(C)c4)cc3)c2C(N)=O)cc1. The molecule has 0 aliphatic carbocycles. The van der Waals surface area contributed by atoms with E-state index < -0.39 is 5.91 Å². The molecule has 2 aromatic carbocycles. The third-order valence-electron chi connectivity index (χ3n) is 5.26. The molecule has 152 valence electrons. The van der Waals surface area contributed by atoms with Crippen LogP contribution in [-0.4, -0.2) is 25.7 Å². The lowest BCUT2D eigenvalue weighted by molar-refractivity contribution is 0.0998. The Morgan fingerprint density at radius 2 is 1.70 bits per heavy atom. The summed E-state index contributed by atoms with van der Waals surface area (Å²) in [5, 5.41) is 7.43. The van der Waals surface area contributed by atoms with Gasteiger partial charge in [0.2, 0.25) is 0 Å². The average molecular weight is 399 g/mol. The first kappa shape index (κ1) is 19.6. The van der Waals surface area contributed by atoms with Crippen LogP contribution in [0.15, 0.2) is 61.1 Å². The molecule has 0 saturated carbocycles. The molecule has 0 aliphatic rings. The molecule has 0 atom stereocenters. The predicted molar refractivity (Wildman–Crippen MR) is 117 cm³/mol. The van der Waals surface area contributed by atoms with Crippen LogP contribution in [0.25, 0.3) is 5.69 Å². The van der Waals surface area contributed by atoms with Gasteiger partial charge in [-0.25, -0.2) is 4.98 Å². The molecule has 1 amide bonds. The van der Waals surface area contributed by atoms with Crippen molar-refractivity contribution < 1.29 is 4.79 Å². The molecule has 0 radical (unpaired) electrons. The van der Waals surface area contributed by atoms with Gasteiger partial charge < -0.3 is 10.3 Å². The highest BCUT2D eigenvalue weighted by Gasteiger charge is 2.18. The van der Waals surface area contributed by atoms with Crippen LogP contribution in [0.2, 0.25) is 0 Å². The number of nitrogens with one attached hydrogen (secondary N) is 1. The van der Waals surface area contributed by atoms with E-state index in [1.165, 1.54) is 11.1 Å².